The van der Waals surface area contributed by atoms with Crippen molar-refractivity contribution in [2.75, 3.05) is 0 Å². The lowest BCUT2D eigenvalue weighted by molar-refractivity contribution is -0.0838. The fourth-order valence-electron chi connectivity index (χ4n) is 3.85. The third-order valence-corrected chi connectivity index (χ3v) is 5.95. The number of ether oxygens (including phenoxy) is 2. The van der Waals surface area contributed by atoms with Crippen molar-refractivity contribution in [2.24, 2.45) is 0 Å². The van der Waals surface area contributed by atoms with Crippen LogP contribution >= 0.6 is 0 Å². The summed E-state index contributed by atoms with van der Waals surface area (Å²) in [5.74, 6) is -8.30. The summed E-state index contributed by atoms with van der Waals surface area (Å²) in [6.07, 6.45) is 5.01. The van der Waals surface area contributed by atoms with E-state index in [9.17, 15) is 49.2 Å². The molecule has 214 valence electrons. The van der Waals surface area contributed by atoms with E-state index in [1.54, 1.807) is 0 Å². The van der Waals surface area contributed by atoms with Crippen molar-refractivity contribution in [3.63, 3.8) is 0 Å². The Morgan fingerprint density at radius 2 is 0.950 bits per heavy atom. The Balaban J connectivity index is 2.24. The summed E-state index contributed by atoms with van der Waals surface area (Å²) in [5, 5.41) is 37.0. The van der Waals surface area contributed by atoms with Crippen LogP contribution < -0.4 is 0 Å². The Bertz CT molecular complexity index is 1190. The van der Waals surface area contributed by atoms with Crippen molar-refractivity contribution < 1.29 is 58.7 Å². The smallest absolute Gasteiger partial charge is 0.341 e. The fraction of sp³-hybridized carbons (Fsp3) is 0.357. The molecule has 0 bridgehead atoms. The summed E-state index contributed by atoms with van der Waals surface area (Å²) in [5.41, 5.74) is -2.92. The maximum Gasteiger partial charge on any atom is 0.341 e. The molecule has 0 aliphatic heterocycles. The first-order valence-corrected chi connectivity index (χ1v) is 12.6. The van der Waals surface area contributed by atoms with E-state index in [1.165, 1.54) is 0 Å². The second-order valence-electron chi connectivity index (χ2n) is 8.89. The highest BCUT2D eigenvalue weighted by Gasteiger charge is 2.25. The van der Waals surface area contributed by atoms with Crippen LogP contribution in [0.1, 0.15) is 120 Å². The molecular formula is C28H30O12. The summed E-state index contributed by atoms with van der Waals surface area (Å²) >= 11 is 0. The standard InChI is InChI=1S/C28H30O12/c1-2-3-4-5-6-7-8-9-22(39-27(37)16-10-12-18(23(29)30)20(14-16)25(33)34)40-28(38)17-11-13-19(24(31)32)21(15-17)26(35)36/h10-15,22H,2-9H2,1H3,(H,29,30)(H,31,32)(H,33,34)(H,35,36). The zero-order chi connectivity index (χ0) is 29.8. The summed E-state index contributed by atoms with van der Waals surface area (Å²) in [7, 11) is 0. The largest absolute Gasteiger partial charge is 0.478 e. The van der Waals surface area contributed by atoms with Crippen LogP contribution in [0.4, 0.5) is 0 Å². The van der Waals surface area contributed by atoms with Gasteiger partial charge in [-0.25, -0.2) is 28.8 Å². The van der Waals surface area contributed by atoms with E-state index >= 15 is 0 Å². The van der Waals surface area contributed by atoms with Crippen molar-refractivity contribution in [3.8, 4) is 0 Å². The maximum absolute atomic E-state index is 12.8. The predicted molar refractivity (Wildman–Crippen MR) is 138 cm³/mol. The van der Waals surface area contributed by atoms with Gasteiger partial charge in [0.25, 0.3) is 0 Å². The van der Waals surface area contributed by atoms with E-state index in [0.717, 1.165) is 74.9 Å². The number of aromatic carboxylic acids is 4. The molecule has 0 radical (unpaired) electrons. The van der Waals surface area contributed by atoms with Crippen LogP contribution in [-0.4, -0.2) is 62.5 Å². The molecule has 0 saturated carbocycles. The van der Waals surface area contributed by atoms with Gasteiger partial charge >= 0.3 is 35.8 Å². The lowest BCUT2D eigenvalue weighted by Gasteiger charge is -2.19. The lowest BCUT2D eigenvalue weighted by Crippen LogP contribution is -2.25. The average molecular weight is 559 g/mol. The summed E-state index contributed by atoms with van der Waals surface area (Å²) in [6, 6.07) is 5.69. The van der Waals surface area contributed by atoms with E-state index in [0.29, 0.717) is 6.42 Å². The van der Waals surface area contributed by atoms with Crippen molar-refractivity contribution in [3.05, 3.63) is 69.8 Å². The van der Waals surface area contributed by atoms with Crippen LogP contribution in [0.25, 0.3) is 0 Å². The Morgan fingerprint density at radius 3 is 1.32 bits per heavy atom. The fourth-order valence-corrected chi connectivity index (χ4v) is 3.85. The van der Waals surface area contributed by atoms with Crippen LogP contribution in [0.3, 0.4) is 0 Å². The Kier molecular flexibility index (Phi) is 11.8. The summed E-state index contributed by atoms with van der Waals surface area (Å²) in [4.78, 5) is 71.1. The van der Waals surface area contributed by atoms with Gasteiger partial charge in [-0.3, -0.25) is 0 Å². The SMILES string of the molecule is CCCCCCCCCC(OC(=O)c1ccc(C(=O)O)c(C(=O)O)c1)OC(=O)c1ccc(C(=O)O)c(C(=O)O)c1. The molecule has 4 N–H and O–H groups in total. The Morgan fingerprint density at radius 1 is 0.575 bits per heavy atom. The third-order valence-electron chi connectivity index (χ3n) is 5.95. The first-order valence-electron chi connectivity index (χ1n) is 12.6. The molecule has 0 unspecified atom stereocenters. The van der Waals surface area contributed by atoms with Gasteiger partial charge in [0.05, 0.1) is 33.4 Å². The third kappa shape index (κ3) is 8.93. The van der Waals surface area contributed by atoms with E-state index in [1.807, 2.05) is 0 Å². The average Bonchev–Trinajstić information content (AvgIpc) is 2.91. The molecule has 0 spiro atoms. The molecular weight excluding hydrogens is 528 g/mol. The number of unbranched alkanes of at least 4 members (excludes halogenated alkanes) is 6. The summed E-state index contributed by atoms with van der Waals surface area (Å²) < 4.78 is 10.6. The molecule has 0 heterocycles. The Labute approximate surface area is 229 Å². The molecule has 0 aliphatic carbocycles. The monoisotopic (exact) mass is 558 g/mol. The number of rotatable bonds is 16. The number of esters is 2. The van der Waals surface area contributed by atoms with E-state index < -0.39 is 64.4 Å². The molecule has 0 aromatic heterocycles. The molecule has 0 aliphatic rings. The Hall–Kier alpha value is -4.74. The number of carboxylic acid groups (broad SMARTS) is 4. The van der Waals surface area contributed by atoms with Gasteiger partial charge in [-0.2, -0.15) is 0 Å². The van der Waals surface area contributed by atoms with Gasteiger partial charge in [-0.05, 0) is 42.8 Å². The number of carboxylic acids is 4. The maximum atomic E-state index is 12.8. The van der Waals surface area contributed by atoms with Gasteiger partial charge in [-0.15, -0.1) is 0 Å². The second kappa shape index (κ2) is 15.0. The van der Waals surface area contributed by atoms with E-state index in [-0.39, 0.29) is 17.5 Å². The minimum Gasteiger partial charge on any atom is -0.478 e. The highest BCUT2D eigenvalue weighted by molar-refractivity contribution is 6.05. The molecule has 2 aromatic carbocycles. The highest BCUT2D eigenvalue weighted by Crippen LogP contribution is 2.20. The highest BCUT2D eigenvalue weighted by atomic mass is 16.7. The van der Waals surface area contributed by atoms with Crippen molar-refractivity contribution in [1.82, 2.24) is 0 Å². The minimum atomic E-state index is -1.57. The number of hydrogen-bond acceptors (Lipinski definition) is 8. The van der Waals surface area contributed by atoms with Gasteiger partial charge in [0.15, 0.2) is 0 Å². The zero-order valence-electron chi connectivity index (χ0n) is 21.8. The molecule has 0 atom stereocenters. The van der Waals surface area contributed by atoms with E-state index in [4.69, 9.17) is 9.47 Å². The molecule has 0 fully saturated rings. The van der Waals surface area contributed by atoms with Gasteiger partial charge in [0.1, 0.15) is 0 Å². The molecule has 0 amide bonds. The second-order valence-corrected chi connectivity index (χ2v) is 8.89. The molecule has 2 rings (SSSR count). The van der Waals surface area contributed by atoms with Crippen molar-refractivity contribution >= 4 is 35.8 Å². The molecule has 12 nitrogen and oxygen atoms in total. The van der Waals surface area contributed by atoms with Crippen LogP contribution in [0.15, 0.2) is 36.4 Å². The first-order chi connectivity index (χ1) is 19.0. The van der Waals surface area contributed by atoms with Gasteiger partial charge in [0.2, 0.25) is 6.29 Å². The predicted octanol–water partition coefficient (Wildman–Crippen LogP) is 4.96. The quantitative estimate of drug-likeness (QED) is 0.123. The van der Waals surface area contributed by atoms with E-state index in [2.05, 4.69) is 6.92 Å². The lowest BCUT2D eigenvalue weighted by atomic mass is 10.0. The first kappa shape index (κ1) is 31.5. The van der Waals surface area contributed by atoms with Gasteiger partial charge in [-0.1, -0.05) is 45.4 Å². The van der Waals surface area contributed by atoms with Gasteiger partial charge in [0, 0.05) is 6.42 Å². The number of carbonyl (C=O) groups excluding carboxylic acids is 2. The topological polar surface area (TPSA) is 202 Å². The van der Waals surface area contributed by atoms with Crippen LogP contribution in [-0.2, 0) is 9.47 Å². The normalized spacial score (nSPS) is 10.7. The van der Waals surface area contributed by atoms with Crippen LogP contribution in [0.2, 0.25) is 0 Å². The molecule has 2 aromatic rings. The van der Waals surface area contributed by atoms with Crippen molar-refractivity contribution in [1.29, 1.82) is 0 Å². The van der Waals surface area contributed by atoms with Crippen LogP contribution in [0.5, 0.6) is 0 Å². The number of carbonyl (C=O) groups is 6. The molecule has 0 saturated heterocycles. The number of hydrogen-bond donors (Lipinski definition) is 4. The minimum absolute atomic E-state index is 0.0727. The number of benzene rings is 2. The van der Waals surface area contributed by atoms with Crippen LogP contribution in [0, 0.1) is 0 Å². The molecule has 40 heavy (non-hydrogen) atoms. The van der Waals surface area contributed by atoms with Gasteiger partial charge < -0.3 is 29.9 Å². The zero-order valence-corrected chi connectivity index (χ0v) is 21.8. The summed E-state index contributed by atoms with van der Waals surface area (Å²) in [6.45, 7) is 2.09. The molecule has 12 heteroatoms. The van der Waals surface area contributed by atoms with Crippen molar-refractivity contribution in [2.45, 2.75) is 64.6 Å².